The molecule has 0 saturated carbocycles. The quantitative estimate of drug-likeness (QED) is 0.862. The molecule has 108 valence electrons. The highest BCUT2D eigenvalue weighted by Gasteiger charge is 2.19. The fraction of sp³-hybridized carbons (Fsp3) is 0.692. The summed E-state index contributed by atoms with van der Waals surface area (Å²) in [5.74, 6) is 0.0266. The van der Waals surface area contributed by atoms with Crippen molar-refractivity contribution in [2.75, 3.05) is 13.1 Å². The summed E-state index contributed by atoms with van der Waals surface area (Å²) in [4.78, 5) is 11.6. The number of amides is 1. The van der Waals surface area contributed by atoms with Gasteiger partial charge in [0.25, 0.3) is 0 Å². The number of nitrogens with two attached hydrogens (primary N) is 1. The Morgan fingerprint density at radius 3 is 2.63 bits per heavy atom. The number of nitrogens with zero attached hydrogens (tertiary/aromatic N) is 2. The molecule has 0 aliphatic carbocycles. The van der Waals surface area contributed by atoms with Gasteiger partial charge in [-0.3, -0.25) is 4.68 Å². The molecule has 1 heterocycles. The van der Waals surface area contributed by atoms with Gasteiger partial charge < -0.3 is 15.8 Å². The van der Waals surface area contributed by atoms with E-state index in [0.29, 0.717) is 13.1 Å². The minimum absolute atomic E-state index is 0.0266. The molecule has 3 N–H and O–H groups in total. The maximum atomic E-state index is 11.6. The van der Waals surface area contributed by atoms with Gasteiger partial charge in [0.2, 0.25) is 0 Å². The summed E-state index contributed by atoms with van der Waals surface area (Å²) in [6.45, 7) is 8.30. The molecule has 0 bridgehead atoms. The van der Waals surface area contributed by atoms with Crippen molar-refractivity contribution in [1.82, 2.24) is 15.1 Å². The fourth-order valence-electron chi connectivity index (χ4n) is 1.84. The normalized spacial score (nSPS) is 13.2. The number of hydrogen-bond donors (Lipinski definition) is 2. The highest BCUT2D eigenvalue weighted by Crippen LogP contribution is 2.14. The molecule has 0 aliphatic heterocycles. The first kappa shape index (κ1) is 15.5. The first-order valence-electron chi connectivity index (χ1n) is 6.40. The van der Waals surface area contributed by atoms with Crippen LogP contribution in [0.25, 0.3) is 0 Å². The Hall–Kier alpha value is -1.56. The Morgan fingerprint density at radius 2 is 2.21 bits per heavy atom. The zero-order valence-electron chi connectivity index (χ0n) is 12.4. The first-order valence-corrected chi connectivity index (χ1v) is 6.40. The number of nitrogens with one attached hydrogen (secondary N) is 1. The van der Waals surface area contributed by atoms with Crippen LogP contribution in [0.5, 0.6) is 0 Å². The predicted molar refractivity (Wildman–Crippen MR) is 74.0 cm³/mol. The zero-order valence-corrected chi connectivity index (χ0v) is 12.4. The summed E-state index contributed by atoms with van der Waals surface area (Å²) in [7, 11) is 1.87. The maximum absolute atomic E-state index is 11.6. The van der Waals surface area contributed by atoms with Crippen LogP contribution in [0, 0.1) is 6.92 Å². The number of rotatable bonds is 4. The number of aromatic nitrogens is 2. The smallest absolute Gasteiger partial charge is 0.407 e. The molecule has 6 nitrogen and oxygen atoms in total. The molecule has 1 atom stereocenters. The molecule has 0 fully saturated rings. The minimum Gasteiger partial charge on any atom is -0.444 e. The van der Waals surface area contributed by atoms with Crippen LogP contribution >= 0.6 is 0 Å². The average Bonchev–Trinajstić information content (AvgIpc) is 2.56. The summed E-state index contributed by atoms with van der Waals surface area (Å²) < 4.78 is 6.99. The van der Waals surface area contributed by atoms with Crippen LogP contribution in [0.4, 0.5) is 4.79 Å². The van der Waals surface area contributed by atoms with Gasteiger partial charge in [0, 0.05) is 31.7 Å². The Balaban J connectivity index is 2.59. The molecule has 0 aromatic carbocycles. The second-order valence-electron chi connectivity index (χ2n) is 5.65. The Bertz CT molecular complexity index is 434. The molecular formula is C13H24N4O2. The van der Waals surface area contributed by atoms with Crippen molar-refractivity contribution in [3.63, 3.8) is 0 Å². The summed E-state index contributed by atoms with van der Waals surface area (Å²) in [6.07, 6.45) is -0.426. The zero-order chi connectivity index (χ0) is 14.6. The van der Waals surface area contributed by atoms with E-state index >= 15 is 0 Å². The lowest BCUT2D eigenvalue weighted by molar-refractivity contribution is 0.0524. The van der Waals surface area contributed by atoms with Crippen LogP contribution in [0.15, 0.2) is 6.07 Å². The molecule has 6 heteroatoms. The van der Waals surface area contributed by atoms with Crippen molar-refractivity contribution in [2.24, 2.45) is 12.8 Å². The summed E-state index contributed by atoms with van der Waals surface area (Å²) >= 11 is 0. The largest absolute Gasteiger partial charge is 0.444 e. The topological polar surface area (TPSA) is 82.2 Å². The van der Waals surface area contributed by atoms with Crippen LogP contribution in [-0.4, -0.2) is 34.6 Å². The molecule has 1 rings (SSSR count). The third kappa shape index (κ3) is 4.90. The predicted octanol–water partition coefficient (Wildman–Crippen LogP) is 1.30. The maximum Gasteiger partial charge on any atom is 0.407 e. The molecular weight excluding hydrogens is 244 g/mol. The van der Waals surface area contributed by atoms with E-state index in [1.54, 1.807) is 4.68 Å². The van der Waals surface area contributed by atoms with E-state index in [-0.39, 0.29) is 5.92 Å². The van der Waals surface area contributed by atoms with Gasteiger partial charge in [0.1, 0.15) is 5.60 Å². The first-order chi connectivity index (χ1) is 8.73. The van der Waals surface area contributed by atoms with Gasteiger partial charge in [-0.05, 0) is 33.8 Å². The second-order valence-corrected chi connectivity index (χ2v) is 5.65. The highest BCUT2D eigenvalue weighted by molar-refractivity contribution is 5.67. The number of carbonyl (C=O) groups is 1. The van der Waals surface area contributed by atoms with Crippen molar-refractivity contribution in [3.05, 3.63) is 17.5 Å². The lowest BCUT2D eigenvalue weighted by Gasteiger charge is -2.21. The Labute approximate surface area is 114 Å². The molecule has 1 aromatic heterocycles. The van der Waals surface area contributed by atoms with E-state index in [1.165, 1.54) is 0 Å². The lowest BCUT2D eigenvalue weighted by Crippen LogP contribution is -2.36. The molecule has 1 amide bonds. The number of alkyl carbamates (subject to hydrolysis) is 1. The molecule has 1 aromatic rings. The molecule has 0 saturated heterocycles. The molecule has 0 radical (unpaired) electrons. The molecule has 0 spiro atoms. The molecule has 1 unspecified atom stereocenters. The van der Waals surface area contributed by atoms with Gasteiger partial charge in [-0.1, -0.05) is 0 Å². The van der Waals surface area contributed by atoms with Crippen molar-refractivity contribution >= 4 is 6.09 Å². The standard InChI is InChI=1S/C13H24N4O2/c1-9-6-11(17(5)16-9)10(7-14)8-15-12(18)19-13(2,3)4/h6,10H,7-8,14H2,1-5H3,(H,15,18). The van der Waals surface area contributed by atoms with E-state index in [0.717, 1.165) is 11.4 Å². The van der Waals surface area contributed by atoms with Gasteiger partial charge in [0.05, 0.1) is 5.69 Å². The number of ether oxygens (including phenoxy) is 1. The van der Waals surface area contributed by atoms with Crippen LogP contribution in [0.1, 0.15) is 38.1 Å². The van der Waals surface area contributed by atoms with E-state index < -0.39 is 11.7 Å². The molecule has 0 aliphatic rings. The summed E-state index contributed by atoms with van der Waals surface area (Å²) in [6, 6.07) is 1.98. The lowest BCUT2D eigenvalue weighted by atomic mass is 10.1. The van der Waals surface area contributed by atoms with Gasteiger partial charge >= 0.3 is 6.09 Å². The third-order valence-corrected chi connectivity index (χ3v) is 2.63. The van der Waals surface area contributed by atoms with Crippen LogP contribution in [0.2, 0.25) is 0 Å². The van der Waals surface area contributed by atoms with E-state index in [1.807, 2.05) is 40.8 Å². The fourth-order valence-corrected chi connectivity index (χ4v) is 1.84. The van der Waals surface area contributed by atoms with Crippen molar-refractivity contribution in [3.8, 4) is 0 Å². The average molecular weight is 268 g/mol. The van der Waals surface area contributed by atoms with Crippen LogP contribution in [-0.2, 0) is 11.8 Å². The number of carbonyl (C=O) groups excluding carboxylic acids is 1. The van der Waals surface area contributed by atoms with E-state index in [4.69, 9.17) is 10.5 Å². The summed E-state index contributed by atoms with van der Waals surface area (Å²) in [5, 5.41) is 7.03. The number of hydrogen-bond acceptors (Lipinski definition) is 4. The van der Waals surface area contributed by atoms with E-state index in [9.17, 15) is 4.79 Å². The van der Waals surface area contributed by atoms with Gasteiger partial charge in [-0.15, -0.1) is 0 Å². The third-order valence-electron chi connectivity index (χ3n) is 2.63. The monoisotopic (exact) mass is 268 g/mol. The number of aryl methyl sites for hydroxylation is 2. The summed E-state index contributed by atoms with van der Waals surface area (Å²) in [5.41, 5.74) is 7.22. The van der Waals surface area contributed by atoms with Gasteiger partial charge in [0.15, 0.2) is 0 Å². The van der Waals surface area contributed by atoms with Crippen LogP contribution < -0.4 is 11.1 Å². The van der Waals surface area contributed by atoms with Gasteiger partial charge in [-0.25, -0.2) is 4.79 Å². The second kappa shape index (κ2) is 6.06. The highest BCUT2D eigenvalue weighted by atomic mass is 16.6. The molecule has 19 heavy (non-hydrogen) atoms. The minimum atomic E-state index is -0.495. The van der Waals surface area contributed by atoms with Crippen molar-refractivity contribution < 1.29 is 9.53 Å². The van der Waals surface area contributed by atoms with Gasteiger partial charge in [-0.2, -0.15) is 5.10 Å². The van der Waals surface area contributed by atoms with E-state index in [2.05, 4.69) is 10.4 Å². The SMILES string of the molecule is Cc1cc(C(CN)CNC(=O)OC(C)(C)C)n(C)n1. The van der Waals surface area contributed by atoms with Crippen molar-refractivity contribution in [2.45, 2.75) is 39.2 Å². The Morgan fingerprint density at radius 1 is 1.58 bits per heavy atom. The van der Waals surface area contributed by atoms with Crippen LogP contribution in [0.3, 0.4) is 0 Å². The van der Waals surface area contributed by atoms with Crippen molar-refractivity contribution in [1.29, 1.82) is 0 Å². The Kier molecular flexibility index (Phi) is 4.94.